The number of nitro groups is 2. The highest BCUT2D eigenvalue weighted by molar-refractivity contribution is 6.41. The second-order valence-electron chi connectivity index (χ2n) is 6.95. The summed E-state index contributed by atoms with van der Waals surface area (Å²) in [7, 11) is 0. The van der Waals surface area contributed by atoms with Gasteiger partial charge in [-0.3, -0.25) is 29.8 Å². The van der Waals surface area contributed by atoms with Crippen LogP contribution in [0.15, 0.2) is 54.6 Å². The molecule has 9 nitrogen and oxygen atoms in total. The average molecular weight is 563 g/mol. The van der Waals surface area contributed by atoms with Crippen LogP contribution in [-0.2, 0) is 6.18 Å². The normalized spacial score (nSPS) is 11.2. The number of halogens is 6. The number of alkyl halides is 3. The van der Waals surface area contributed by atoms with E-state index in [-0.39, 0.29) is 14.9 Å². The van der Waals surface area contributed by atoms with E-state index in [0.29, 0.717) is 24.3 Å². The Balaban J connectivity index is 2.31. The molecule has 0 fully saturated rings. The van der Waals surface area contributed by atoms with E-state index < -0.39 is 66.6 Å². The number of carbonyl (C=O) groups excluding carboxylic acids is 2. The van der Waals surface area contributed by atoms with Gasteiger partial charge in [0.15, 0.2) is 0 Å². The van der Waals surface area contributed by atoms with Gasteiger partial charge >= 0.3 is 6.18 Å². The fourth-order valence-electron chi connectivity index (χ4n) is 2.99. The van der Waals surface area contributed by atoms with Gasteiger partial charge in [0.25, 0.3) is 23.2 Å². The van der Waals surface area contributed by atoms with Gasteiger partial charge in [-0.15, -0.1) is 0 Å². The summed E-state index contributed by atoms with van der Waals surface area (Å²) in [6, 6.07) is 7.06. The molecule has 0 saturated carbocycles. The summed E-state index contributed by atoms with van der Waals surface area (Å²) in [4.78, 5) is 47.7. The van der Waals surface area contributed by atoms with Crippen LogP contribution in [-0.4, -0.2) is 21.7 Å². The summed E-state index contributed by atoms with van der Waals surface area (Å²) < 4.78 is 40.2. The molecular formula is C21H9Cl3F3N3O6. The maximum atomic E-state index is 13.5. The van der Waals surface area contributed by atoms with Gasteiger partial charge in [0, 0.05) is 24.3 Å². The van der Waals surface area contributed by atoms with Gasteiger partial charge in [0.2, 0.25) is 0 Å². The quantitative estimate of drug-likeness (QED) is 0.188. The van der Waals surface area contributed by atoms with Crippen LogP contribution in [0.5, 0.6) is 0 Å². The third-order valence-corrected chi connectivity index (χ3v) is 5.68. The van der Waals surface area contributed by atoms with Crippen LogP contribution < -0.4 is 4.90 Å². The molecule has 0 unspecified atom stereocenters. The highest BCUT2D eigenvalue weighted by atomic mass is 35.5. The molecule has 0 radical (unpaired) electrons. The Labute approximate surface area is 213 Å². The Hall–Kier alpha value is -3.74. The fourth-order valence-corrected chi connectivity index (χ4v) is 3.59. The van der Waals surface area contributed by atoms with Gasteiger partial charge in [0.05, 0.1) is 47.3 Å². The number of hydrogen-bond acceptors (Lipinski definition) is 6. The molecule has 0 aromatic heterocycles. The van der Waals surface area contributed by atoms with Crippen molar-refractivity contribution in [3.63, 3.8) is 0 Å². The Bertz CT molecular complexity index is 1360. The number of nitrogens with zero attached hydrogens (tertiary/aromatic N) is 3. The number of imide groups is 1. The molecule has 3 aromatic carbocycles. The molecule has 0 N–H and O–H groups in total. The predicted octanol–water partition coefficient (Wildman–Crippen LogP) is 6.97. The second kappa shape index (κ2) is 10.1. The molecular weight excluding hydrogens is 554 g/mol. The van der Waals surface area contributed by atoms with Crippen LogP contribution >= 0.6 is 34.8 Å². The van der Waals surface area contributed by atoms with Crippen molar-refractivity contribution >= 4 is 63.7 Å². The van der Waals surface area contributed by atoms with Crippen LogP contribution in [0.1, 0.15) is 26.3 Å². The summed E-state index contributed by atoms with van der Waals surface area (Å²) in [5.41, 5.74) is -4.55. The smallest absolute Gasteiger partial charge is 0.268 e. The van der Waals surface area contributed by atoms with E-state index in [1.165, 1.54) is 0 Å². The Morgan fingerprint density at radius 1 is 0.722 bits per heavy atom. The summed E-state index contributed by atoms with van der Waals surface area (Å²) in [6.07, 6.45) is -4.91. The molecule has 36 heavy (non-hydrogen) atoms. The summed E-state index contributed by atoms with van der Waals surface area (Å²) in [5, 5.41) is 21.1. The van der Waals surface area contributed by atoms with E-state index in [4.69, 9.17) is 34.8 Å². The Morgan fingerprint density at radius 2 is 1.14 bits per heavy atom. The number of benzene rings is 3. The maximum Gasteiger partial charge on any atom is 0.416 e. The highest BCUT2D eigenvalue weighted by Crippen LogP contribution is 2.38. The largest absolute Gasteiger partial charge is 0.416 e. The van der Waals surface area contributed by atoms with Crippen LogP contribution in [0.4, 0.5) is 30.2 Å². The molecule has 0 aliphatic rings. The molecule has 2 amide bonds. The van der Waals surface area contributed by atoms with Crippen molar-refractivity contribution in [1.82, 2.24) is 0 Å². The molecule has 0 atom stereocenters. The Kier molecular flexibility index (Phi) is 7.53. The number of non-ortho nitro benzene ring substituents is 2. The highest BCUT2D eigenvalue weighted by Gasteiger charge is 2.36. The monoisotopic (exact) mass is 561 g/mol. The lowest BCUT2D eigenvalue weighted by Crippen LogP contribution is -2.38. The van der Waals surface area contributed by atoms with Crippen molar-refractivity contribution in [1.29, 1.82) is 0 Å². The molecule has 0 aliphatic heterocycles. The molecule has 3 rings (SSSR count). The molecule has 0 aliphatic carbocycles. The lowest BCUT2D eigenvalue weighted by Gasteiger charge is -2.24. The van der Waals surface area contributed by atoms with E-state index in [1.54, 1.807) is 0 Å². The minimum atomic E-state index is -4.91. The molecule has 3 aromatic rings. The summed E-state index contributed by atoms with van der Waals surface area (Å²) in [5.74, 6) is -2.81. The third-order valence-electron chi connectivity index (χ3n) is 4.70. The van der Waals surface area contributed by atoms with Crippen LogP contribution in [0.2, 0.25) is 15.1 Å². The number of hydrogen-bond donors (Lipinski definition) is 0. The van der Waals surface area contributed by atoms with Crippen molar-refractivity contribution in [2.75, 3.05) is 4.90 Å². The molecule has 0 bridgehead atoms. The summed E-state index contributed by atoms with van der Waals surface area (Å²) >= 11 is 18.1. The average Bonchev–Trinajstić information content (AvgIpc) is 2.79. The fraction of sp³-hybridized carbons (Fsp3) is 0.0476. The number of rotatable bonds is 5. The van der Waals surface area contributed by atoms with Gasteiger partial charge < -0.3 is 0 Å². The maximum absolute atomic E-state index is 13.5. The molecule has 0 spiro atoms. The topological polar surface area (TPSA) is 124 Å². The van der Waals surface area contributed by atoms with Gasteiger partial charge in [-0.05, 0) is 30.3 Å². The first kappa shape index (κ1) is 26.9. The van der Waals surface area contributed by atoms with Crippen molar-refractivity contribution in [3.8, 4) is 0 Å². The zero-order valence-electron chi connectivity index (χ0n) is 17.3. The lowest BCUT2D eigenvalue weighted by atomic mass is 10.1. The minimum absolute atomic E-state index is 0.160. The first-order valence-corrected chi connectivity index (χ1v) is 10.5. The van der Waals surface area contributed by atoms with E-state index in [0.717, 1.165) is 30.3 Å². The number of amides is 2. The van der Waals surface area contributed by atoms with Crippen molar-refractivity contribution in [3.05, 3.63) is 107 Å². The predicted molar refractivity (Wildman–Crippen MR) is 124 cm³/mol. The van der Waals surface area contributed by atoms with Crippen LogP contribution in [0, 0.1) is 20.2 Å². The number of nitro benzene ring substituents is 2. The zero-order chi connectivity index (χ0) is 26.9. The molecule has 0 heterocycles. The van der Waals surface area contributed by atoms with Gasteiger partial charge in [-0.1, -0.05) is 34.8 Å². The van der Waals surface area contributed by atoms with Crippen LogP contribution in [0.25, 0.3) is 0 Å². The van der Waals surface area contributed by atoms with E-state index in [1.807, 2.05) is 0 Å². The molecule has 0 saturated heterocycles. The van der Waals surface area contributed by atoms with Crippen molar-refractivity contribution in [2.45, 2.75) is 6.18 Å². The van der Waals surface area contributed by atoms with Crippen LogP contribution in [0.3, 0.4) is 0 Å². The third kappa shape index (κ3) is 5.40. The first-order valence-electron chi connectivity index (χ1n) is 9.35. The van der Waals surface area contributed by atoms with Gasteiger partial charge in [-0.25, -0.2) is 4.90 Å². The number of carbonyl (C=O) groups is 2. The lowest BCUT2D eigenvalue weighted by molar-refractivity contribution is -0.385. The Morgan fingerprint density at radius 3 is 1.53 bits per heavy atom. The molecule has 15 heteroatoms. The zero-order valence-corrected chi connectivity index (χ0v) is 19.5. The first-order chi connectivity index (χ1) is 16.7. The van der Waals surface area contributed by atoms with Crippen molar-refractivity contribution < 1.29 is 32.6 Å². The van der Waals surface area contributed by atoms with E-state index in [2.05, 4.69) is 0 Å². The van der Waals surface area contributed by atoms with E-state index in [9.17, 15) is 43.0 Å². The number of anilines is 1. The standard InChI is InChI=1S/C21H9Cl3F3N3O6/c22-15-5-2-11(29(33)34)8-13(15)19(31)28(18-7-10(21(25,26)27)1-4-17(18)24)20(32)14-9-12(30(35)36)3-6-16(14)23/h1-9H. The van der Waals surface area contributed by atoms with Gasteiger partial charge in [0.1, 0.15) is 0 Å². The van der Waals surface area contributed by atoms with Crippen molar-refractivity contribution in [2.24, 2.45) is 0 Å². The second-order valence-corrected chi connectivity index (χ2v) is 8.17. The van der Waals surface area contributed by atoms with E-state index >= 15 is 0 Å². The summed E-state index contributed by atoms with van der Waals surface area (Å²) in [6.45, 7) is 0. The minimum Gasteiger partial charge on any atom is -0.268 e. The van der Waals surface area contributed by atoms with Gasteiger partial charge in [-0.2, -0.15) is 13.2 Å². The SMILES string of the molecule is O=C(c1cc([N+](=O)[O-])ccc1Cl)N(C(=O)c1cc([N+](=O)[O-])ccc1Cl)c1cc(C(F)(F)F)ccc1Cl. The molecule has 186 valence electrons.